The van der Waals surface area contributed by atoms with Crippen LogP contribution in [0, 0.1) is 19.8 Å². The quantitative estimate of drug-likeness (QED) is 0.831. The van der Waals surface area contributed by atoms with E-state index in [1.165, 1.54) is 6.92 Å². The van der Waals surface area contributed by atoms with Gasteiger partial charge in [-0.1, -0.05) is 0 Å². The normalized spacial score (nSPS) is 16.0. The molecule has 0 aliphatic carbocycles. The standard InChI is InChI=1S/C15H20N2O4/c1-8-12(10(3)18)9(2)16-13(8)14(19)17-6-4-11(5-7-17)15(20)21/h11,16H,4-7H2,1-3H3,(H,20,21). The number of carbonyl (C=O) groups is 3. The van der Waals surface area contributed by atoms with Gasteiger partial charge in [-0.3, -0.25) is 14.4 Å². The Morgan fingerprint density at radius 3 is 2.19 bits per heavy atom. The average molecular weight is 292 g/mol. The van der Waals surface area contributed by atoms with E-state index in [9.17, 15) is 14.4 Å². The van der Waals surface area contributed by atoms with Gasteiger partial charge in [0.25, 0.3) is 5.91 Å². The third-order valence-corrected chi connectivity index (χ3v) is 4.13. The Labute approximate surface area is 123 Å². The molecule has 1 saturated heterocycles. The van der Waals surface area contributed by atoms with Crippen LogP contribution in [0.25, 0.3) is 0 Å². The molecule has 0 unspecified atom stereocenters. The number of aryl methyl sites for hydroxylation is 1. The maximum absolute atomic E-state index is 12.5. The molecule has 1 fully saturated rings. The van der Waals surface area contributed by atoms with E-state index in [0.717, 1.165) is 0 Å². The topological polar surface area (TPSA) is 90.5 Å². The lowest BCUT2D eigenvalue weighted by Gasteiger charge is -2.30. The van der Waals surface area contributed by atoms with Crippen molar-refractivity contribution in [2.24, 2.45) is 5.92 Å². The molecule has 1 aliphatic rings. The first-order chi connectivity index (χ1) is 9.82. The molecule has 0 aromatic carbocycles. The number of nitrogens with one attached hydrogen (secondary N) is 1. The number of aromatic amines is 1. The first-order valence-electron chi connectivity index (χ1n) is 7.05. The van der Waals surface area contributed by atoms with Crippen molar-refractivity contribution >= 4 is 17.7 Å². The number of carboxylic acids is 1. The summed E-state index contributed by atoms with van der Waals surface area (Å²) >= 11 is 0. The van der Waals surface area contributed by atoms with Gasteiger partial charge in [0.1, 0.15) is 5.69 Å². The molecule has 1 aromatic heterocycles. The van der Waals surface area contributed by atoms with Crippen LogP contribution in [0.15, 0.2) is 0 Å². The van der Waals surface area contributed by atoms with Crippen molar-refractivity contribution in [2.45, 2.75) is 33.6 Å². The summed E-state index contributed by atoms with van der Waals surface area (Å²) in [5.41, 5.74) is 2.37. The third kappa shape index (κ3) is 2.84. The van der Waals surface area contributed by atoms with E-state index in [1.54, 1.807) is 18.7 Å². The number of piperidine rings is 1. The fourth-order valence-electron chi connectivity index (χ4n) is 2.98. The van der Waals surface area contributed by atoms with Crippen molar-refractivity contribution in [3.05, 3.63) is 22.5 Å². The second-order valence-corrected chi connectivity index (χ2v) is 5.59. The maximum Gasteiger partial charge on any atom is 0.306 e. The third-order valence-electron chi connectivity index (χ3n) is 4.13. The second kappa shape index (κ2) is 5.71. The van der Waals surface area contributed by atoms with Gasteiger partial charge < -0.3 is 15.0 Å². The Hall–Kier alpha value is -2.11. The lowest BCUT2D eigenvalue weighted by atomic mass is 9.96. The number of nitrogens with zero attached hydrogens (tertiary/aromatic N) is 1. The number of H-pyrrole nitrogens is 1. The zero-order valence-corrected chi connectivity index (χ0v) is 12.5. The van der Waals surface area contributed by atoms with Crippen LogP contribution < -0.4 is 0 Å². The van der Waals surface area contributed by atoms with Crippen LogP contribution >= 0.6 is 0 Å². The maximum atomic E-state index is 12.5. The number of hydrogen-bond acceptors (Lipinski definition) is 3. The zero-order chi connectivity index (χ0) is 15.7. The molecule has 114 valence electrons. The van der Waals surface area contributed by atoms with Crippen LogP contribution in [-0.4, -0.2) is 45.7 Å². The summed E-state index contributed by atoms with van der Waals surface area (Å²) in [6, 6.07) is 0. The van der Waals surface area contributed by atoms with Gasteiger partial charge in [0, 0.05) is 24.3 Å². The highest BCUT2D eigenvalue weighted by molar-refractivity contribution is 6.02. The van der Waals surface area contributed by atoms with Crippen LogP contribution in [0.2, 0.25) is 0 Å². The van der Waals surface area contributed by atoms with E-state index < -0.39 is 5.97 Å². The predicted octanol–water partition coefficient (Wildman–Crippen LogP) is 1.77. The molecule has 0 atom stereocenters. The van der Waals surface area contributed by atoms with Gasteiger partial charge in [-0.2, -0.15) is 0 Å². The molecule has 6 heteroatoms. The molecule has 2 heterocycles. The predicted molar refractivity (Wildman–Crippen MR) is 76.5 cm³/mol. The second-order valence-electron chi connectivity index (χ2n) is 5.59. The van der Waals surface area contributed by atoms with E-state index in [2.05, 4.69) is 4.98 Å². The average Bonchev–Trinajstić information content (AvgIpc) is 2.73. The number of carboxylic acid groups (broad SMARTS) is 1. The monoisotopic (exact) mass is 292 g/mol. The van der Waals surface area contributed by atoms with Gasteiger partial charge in [-0.05, 0) is 39.2 Å². The Morgan fingerprint density at radius 2 is 1.76 bits per heavy atom. The number of ketones is 1. The zero-order valence-electron chi connectivity index (χ0n) is 12.5. The number of aliphatic carboxylic acids is 1. The Morgan fingerprint density at radius 1 is 1.19 bits per heavy atom. The Kier molecular flexibility index (Phi) is 4.16. The van der Waals surface area contributed by atoms with Crippen LogP contribution in [0.1, 0.15) is 51.9 Å². The van der Waals surface area contributed by atoms with E-state index in [0.29, 0.717) is 48.4 Å². The molecular weight excluding hydrogens is 272 g/mol. The molecule has 1 amide bonds. The Balaban J connectivity index is 2.17. The van der Waals surface area contributed by atoms with Gasteiger partial charge in [-0.15, -0.1) is 0 Å². The highest BCUT2D eigenvalue weighted by atomic mass is 16.4. The van der Waals surface area contributed by atoms with Gasteiger partial charge in [0.05, 0.1) is 5.92 Å². The molecule has 2 N–H and O–H groups in total. The largest absolute Gasteiger partial charge is 0.481 e. The summed E-state index contributed by atoms with van der Waals surface area (Å²) < 4.78 is 0. The first-order valence-corrected chi connectivity index (χ1v) is 7.05. The van der Waals surface area contributed by atoms with Crippen molar-refractivity contribution in [3.8, 4) is 0 Å². The van der Waals surface area contributed by atoms with Crippen molar-refractivity contribution < 1.29 is 19.5 Å². The van der Waals surface area contributed by atoms with Gasteiger partial charge in [-0.25, -0.2) is 0 Å². The van der Waals surface area contributed by atoms with E-state index >= 15 is 0 Å². The lowest BCUT2D eigenvalue weighted by molar-refractivity contribution is -0.143. The number of rotatable bonds is 3. The summed E-state index contributed by atoms with van der Waals surface area (Å²) in [6.07, 6.45) is 0.943. The number of Topliss-reactive ketones (excluding diaryl/α,β-unsaturated/α-hetero) is 1. The summed E-state index contributed by atoms with van der Waals surface area (Å²) in [5.74, 6) is -1.39. The number of hydrogen-bond donors (Lipinski definition) is 2. The fraction of sp³-hybridized carbons (Fsp3) is 0.533. The summed E-state index contributed by atoms with van der Waals surface area (Å²) in [5, 5.41) is 8.98. The number of carbonyl (C=O) groups excluding carboxylic acids is 2. The van der Waals surface area contributed by atoms with E-state index in [-0.39, 0.29) is 17.6 Å². The lowest BCUT2D eigenvalue weighted by Crippen LogP contribution is -2.40. The number of aromatic nitrogens is 1. The minimum atomic E-state index is -0.798. The number of likely N-dealkylation sites (tertiary alicyclic amines) is 1. The minimum Gasteiger partial charge on any atom is -0.481 e. The van der Waals surface area contributed by atoms with Crippen LogP contribution in [0.3, 0.4) is 0 Å². The highest BCUT2D eigenvalue weighted by Gasteiger charge is 2.29. The van der Waals surface area contributed by atoms with Crippen LogP contribution in [0.4, 0.5) is 0 Å². The van der Waals surface area contributed by atoms with E-state index in [1.807, 2.05) is 0 Å². The van der Waals surface area contributed by atoms with Gasteiger partial charge in [0.2, 0.25) is 0 Å². The van der Waals surface area contributed by atoms with Crippen molar-refractivity contribution in [1.82, 2.24) is 9.88 Å². The molecule has 0 saturated carbocycles. The summed E-state index contributed by atoms with van der Waals surface area (Å²) in [4.78, 5) is 39.7. The smallest absolute Gasteiger partial charge is 0.306 e. The molecule has 0 radical (unpaired) electrons. The SMILES string of the molecule is CC(=O)c1c(C)[nH]c(C(=O)N2CCC(C(=O)O)CC2)c1C. The summed E-state index contributed by atoms with van der Waals surface area (Å²) in [7, 11) is 0. The molecule has 0 spiro atoms. The summed E-state index contributed by atoms with van der Waals surface area (Å²) in [6.45, 7) is 5.88. The van der Waals surface area contributed by atoms with Gasteiger partial charge in [0.15, 0.2) is 5.78 Å². The molecule has 6 nitrogen and oxygen atoms in total. The van der Waals surface area contributed by atoms with Crippen molar-refractivity contribution in [2.75, 3.05) is 13.1 Å². The Bertz CT molecular complexity index is 595. The fourth-order valence-corrected chi connectivity index (χ4v) is 2.98. The molecular formula is C15H20N2O4. The highest BCUT2D eigenvalue weighted by Crippen LogP contribution is 2.23. The van der Waals surface area contributed by atoms with Crippen molar-refractivity contribution in [3.63, 3.8) is 0 Å². The van der Waals surface area contributed by atoms with Crippen LogP contribution in [0.5, 0.6) is 0 Å². The first kappa shape index (κ1) is 15.3. The molecule has 0 bridgehead atoms. The van der Waals surface area contributed by atoms with Gasteiger partial charge >= 0.3 is 5.97 Å². The molecule has 21 heavy (non-hydrogen) atoms. The molecule has 1 aliphatic heterocycles. The number of amides is 1. The van der Waals surface area contributed by atoms with Crippen molar-refractivity contribution in [1.29, 1.82) is 0 Å². The molecule has 2 rings (SSSR count). The minimum absolute atomic E-state index is 0.0649. The van der Waals surface area contributed by atoms with E-state index in [4.69, 9.17) is 5.11 Å². The molecule has 1 aromatic rings. The van der Waals surface area contributed by atoms with Crippen LogP contribution in [-0.2, 0) is 4.79 Å².